The fourth-order valence-electron chi connectivity index (χ4n) is 5.87. The number of hydrogen-bond donors (Lipinski definition) is 1. The minimum Gasteiger partial charge on any atom is -0.493 e. The lowest BCUT2D eigenvalue weighted by Gasteiger charge is -2.32. The number of hydrogen-bond acceptors (Lipinski definition) is 6. The summed E-state index contributed by atoms with van der Waals surface area (Å²) in [5, 5.41) is 11.2. The lowest BCUT2D eigenvalue weighted by molar-refractivity contribution is -0.160. The quantitative estimate of drug-likeness (QED) is 0.231. The van der Waals surface area contributed by atoms with Gasteiger partial charge in [0.2, 0.25) is 0 Å². The third-order valence-corrected chi connectivity index (χ3v) is 9.60. The van der Waals surface area contributed by atoms with Crippen LogP contribution in [0.4, 0.5) is 5.69 Å². The first-order chi connectivity index (χ1) is 20.3. The number of fused-ring (bicyclic) bond motifs is 2. The fraction of sp³-hybridized carbons (Fsp3) is 0.353. The zero-order chi connectivity index (χ0) is 31.1. The van der Waals surface area contributed by atoms with E-state index in [1.54, 1.807) is 59.0 Å². The lowest BCUT2D eigenvalue weighted by Crippen LogP contribution is -2.33. The maximum absolute atomic E-state index is 14.3. The number of anilines is 1. The molecule has 2 heterocycles. The van der Waals surface area contributed by atoms with Gasteiger partial charge in [0.1, 0.15) is 10.6 Å². The van der Waals surface area contributed by atoms with Gasteiger partial charge in [-0.05, 0) is 113 Å². The molecule has 8 nitrogen and oxygen atoms in total. The molecule has 1 aliphatic rings. The zero-order valence-electron chi connectivity index (χ0n) is 25.5. The molecule has 0 aliphatic carbocycles. The van der Waals surface area contributed by atoms with Crippen molar-refractivity contribution in [3.63, 3.8) is 0 Å². The molecule has 0 radical (unpaired) electrons. The van der Waals surface area contributed by atoms with Gasteiger partial charge in [-0.3, -0.25) is 9.29 Å². The third kappa shape index (κ3) is 5.84. The van der Waals surface area contributed by atoms with E-state index in [4.69, 9.17) is 9.47 Å². The van der Waals surface area contributed by atoms with Crippen molar-refractivity contribution in [2.75, 3.05) is 17.5 Å². The van der Waals surface area contributed by atoms with Crippen molar-refractivity contribution in [3.8, 4) is 16.9 Å². The van der Waals surface area contributed by atoms with Gasteiger partial charge in [0, 0.05) is 23.7 Å². The average molecular weight is 603 g/mol. The first kappa shape index (κ1) is 30.5. The largest absolute Gasteiger partial charge is 0.493 e. The molecule has 5 rings (SSSR count). The Bertz CT molecular complexity index is 1800. The predicted molar refractivity (Wildman–Crippen MR) is 168 cm³/mol. The SMILES string of the molecule is CCN(c1cc(C)c(-c2ccc3c(c2)CCCO3)c(C(OC(C)(C)C)C(=O)O)c1C)S(=O)(=O)c1cccc2cccnc12. The molecule has 9 heteroatoms. The number of aryl methyl sites for hydroxylation is 2. The van der Waals surface area contributed by atoms with E-state index >= 15 is 0 Å². The van der Waals surface area contributed by atoms with Crippen LogP contribution in [-0.4, -0.2) is 43.2 Å². The Hall–Kier alpha value is -3.95. The molecule has 226 valence electrons. The van der Waals surface area contributed by atoms with E-state index < -0.39 is 27.7 Å². The molecule has 0 bridgehead atoms. The molecule has 0 saturated carbocycles. The predicted octanol–water partition coefficient (Wildman–Crippen LogP) is 7.00. The number of pyridine rings is 1. The van der Waals surface area contributed by atoms with Crippen LogP contribution in [-0.2, 0) is 26.0 Å². The first-order valence-corrected chi connectivity index (χ1v) is 15.9. The highest BCUT2D eigenvalue weighted by Gasteiger charge is 2.35. The molecule has 1 aromatic heterocycles. The number of sulfonamides is 1. The Kier molecular flexibility index (Phi) is 8.24. The van der Waals surface area contributed by atoms with Gasteiger partial charge in [0.25, 0.3) is 10.0 Å². The van der Waals surface area contributed by atoms with Crippen molar-refractivity contribution in [2.24, 2.45) is 0 Å². The summed E-state index contributed by atoms with van der Waals surface area (Å²) in [5.41, 5.74) is 4.28. The van der Waals surface area contributed by atoms with E-state index in [2.05, 4.69) is 4.98 Å². The Morgan fingerprint density at radius 1 is 1.12 bits per heavy atom. The standard InChI is InChI=1S/C34H38N2O6S/c1-7-36(43(39,40)28-14-8-11-23-12-9-17-35-31(23)28)26-19-21(2)29(25-15-16-27-24(20-25)13-10-18-41-27)30(22(26)3)32(33(37)38)42-34(4,5)6/h8-9,11-12,14-17,19-20,32H,7,10,13,18H2,1-6H3,(H,37,38). The molecule has 0 saturated heterocycles. The van der Waals surface area contributed by atoms with Gasteiger partial charge in [-0.1, -0.05) is 24.3 Å². The van der Waals surface area contributed by atoms with Crippen LogP contribution in [0.15, 0.2) is 65.7 Å². The zero-order valence-corrected chi connectivity index (χ0v) is 26.3. The van der Waals surface area contributed by atoms with Crippen LogP contribution in [0.5, 0.6) is 5.75 Å². The van der Waals surface area contributed by atoms with E-state index in [-0.39, 0.29) is 11.4 Å². The smallest absolute Gasteiger partial charge is 0.337 e. The number of aliphatic carboxylic acids is 1. The molecular weight excluding hydrogens is 564 g/mol. The van der Waals surface area contributed by atoms with Crippen molar-refractivity contribution in [3.05, 3.63) is 83.0 Å². The van der Waals surface area contributed by atoms with E-state index in [1.807, 2.05) is 43.3 Å². The molecule has 0 spiro atoms. The van der Waals surface area contributed by atoms with Crippen molar-refractivity contribution in [2.45, 2.75) is 71.0 Å². The summed E-state index contributed by atoms with van der Waals surface area (Å²) in [5.74, 6) is -0.323. The first-order valence-electron chi connectivity index (χ1n) is 14.5. The molecule has 43 heavy (non-hydrogen) atoms. The number of carboxylic acids is 1. The summed E-state index contributed by atoms with van der Waals surface area (Å²) in [4.78, 5) is 17.4. The molecule has 1 N–H and O–H groups in total. The molecule has 1 unspecified atom stereocenters. The normalized spacial score (nSPS) is 14.2. The average Bonchev–Trinajstić information content (AvgIpc) is 2.96. The fourth-order valence-corrected chi connectivity index (χ4v) is 7.56. The molecule has 3 aromatic carbocycles. The van der Waals surface area contributed by atoms with Gasteiger partial charge < -0.3 is 14.6 Å². The second kappa shape index (κ2) is 11.6. The van der Waals surface area contributed by atoms with E-state index in [0.29, 0.717) is 39.9 Å². The van der Waals surface area contributed by atoms with Gasteiger partial charge in [-0.2, -0.15) is 0 Å². The van der Waals surface area contributed by atoms with Gasteiger partial charge in [-0.25, -0.2) is 13.2 Å². The Labute approximate surface area is 253 Å². The van der Waals surface area contributed by atoms with Crippen LogP contribution in [0.3, 0.4) is 0 Å². The third-order valence-electron chi connectivity index (χ3n) is 7.68. The van der Waals surface area contributed by atoms with Crippen LogP contribution in [0.1, 0.15) is 62.5 Å². The van der Waals surface area contributed by atoms with Gasteiger partial charge in [-0.15, -0.1) is 0 Å². The van der Waals surface area contributed by atoms with E-state index in [9.17, 15) is 18.3 Å². The second-order valence-corrected chi connectivity index (χ2v) is 13.7. The van der Waals surface area contributed by atoms with E-state index in [0.717, 1.165) is 35.3 Å². The highest BCUT2D eigenvalue weighted by Crippen LogP contribution is 2.44. The molecular formula is C34H38N2O6S. The van der Waals surface area contributed by atoms with Crippen LogP contribution < -0.4 is 9.04 Å². The summed E-state index contributed by atoms with van der Waals surface area (Å²) in [6, 6.07) is 16.4. The van der Waals surface area contributed by atoms with Crippen molar-refractivity contribution in [1.29, 1.82) is 0 Å². The molecule has 1 aliphatic heterocycles. The van der Waals surface area contributed by atoms with Crippen molar-refractivity contribution >= 4 is 32.6 Å². The van der Waals surface area contributed by atoms with Gasteiger partial charge in [0.15, 0.2) is 6.10 Å². The number of para-hydroxylation sites is 1. The Morgan fingerprint density at radius 3 is 2.56 bits per heavy atom. The highest BCUT2D eigenvalue weighted by molar-refractivity contribution is 7.93. The van der Waals surface area contributed by atoms with Gasteiger partial charge in [0.05, 0.1) is 23.4 Å². The topological polar surface area (TPSA) is 106 Å². The molecule has 0 fully saturated rings. The van der Waals surface area contributed by atoms with Gasteiger partial charge >= 0.3 is 5.97 Å². The lowest BCUT2D eigenvalue weighted by atomic mass is 9.86. The minimum absolute atomic E-state index is 0.0885. The number of rotatable bonds is 8. The van der Waals surface area contributed by atoms with Crippen LogP contribution in [0, 0.1) is 13.8 Å². The number of carbonyl (C=O) groups is 1. The van der Waals surface area contributed by atoms with Crippen LogP contribution >= 0.6 is 0 Å². The Balaban J connectivity index is 1.77. The number of benzene rings is 3. The van der Waals surface area contributed by atoms with E-state index in [1.165, 1.54) is 4.31 Å². The van der Waals surface area contributed by atoms with Crippen LogP contribution in [0.2, 0.25) is 0 Å². The minimum atomic E-state index is -4.09. The number of nitrogens with zero attached hydrogens (tertiary/aromatic N) is 2. The summed E-state index contributed by atoms with van der Waals surface area (Å²) in [6.07, 6.45) is 1.99. The summed E-state index contributed by atoms with van der Waals surface area (Å²) >= 11 is 0. The molecule has 1 atom stereocenters. The van der Waals surface area contributed by atoms with Crippen LogP contribution in [0.25, 0.3) is 22.0 Å². The summed E-state index contributed by atoms with van der Waals surface area (Å²) in [7, 11) is -4.09. The summed E-state index contributed by atoms with van der Waals surface area (Å²) < 4.78 is 42.0. The number of carboxylic acid groups (broad SMARTS) is 1. The molecule has 4 aromatic rings. The highest BCUT2D eigenvalue weighted by atomic mass is 32.2. The number of aromatic nitrogens is 1. The number of ether oxygens (including phenoxy) is 2. The summed E-state index contributed by atoms with van der Waals surface area (Å²) in [6.45, 7) is 11.6. The van der Waals surface area contributed by atoms with Crippen molar-refractivity contribution in [1.82, 2.24) is 4.98 Å². The maximum atomic E-state index is 14.3. The maximum Gasteiger partial charge on any atom is 0.337 e. The molecule has 0 amide bonds. The Morgan fingerprint density at radius 2 is 1.86 bits per heavy atom. The second-order valence-electron chi connectivity index (χ2n) is 11.9. The van der Waals surface area contributed by atoms with Crippen molar-refractivity contribution < 1.29 is 27.8 Å². The monoisotopic (exact) mass is 602 g/mol.